The van der Waals surface area contributed by atoms with Gasteiger partial charge < -0.3 is 9.84 Å². The second-order valence-corrected chi connectivity index (χ2v) is 10.7. The summed E-state index contributed by atoms with van der Waals surface area (Å²) in [7, 11) is 0. The first kappa shape index (κ1) is 35.4. The Hall–Kier alpha value is -1.58. The van der Waals surface area contributed by atoms with E-state index in [2.05, 4.69) is 31.2 Å². The van der Waals surface area contributed by atoms with E-state index in [-0.39, 0.29) is 12.1 Å². The van der Waals surface area contributed by atoms with Crippen molar-refractivity contribution >= 4 is 11.9 Å². The van der Waals surface area contributed by atoms with Crippen LogP contribution in [0.4, 0.5) is 0 Å². The van der Waals surface area contributed by atoms with E-state index in [0.29, 0.717) is 12.8 Å². The number of allylic oxidation sites excluding steroid dienone is 4. The van der Waals surface area contributed by atoms with Crippen molar-refractivity contribution in [1.29, 1.82) is 0 Å². The summed E-state index contributed by atoms with van der Waals surface area (Å²) in [6, 6.07) is 0. The van der Waals surface area contributed by atoms with Gasteiger partial charge in [-0.3, -0.25) is 9.59 Å². The molecule has 0 rings (SSSR count). The number of unbranched alkanes of at least 4 members (excludes halogenated alkanes) is 17. The Labute approximate surface area is 229 Å². The molecule has 0 spiro atoms. The molecule has 0 saturated heterocycles. The van der Waals surface area contributed by atoms with Crippen molar-refractivity contribution < 1.29 is 19.4 Å². The molecule has 1 unspecified atom stereocenters. The summed E-state index contributed by atoms with van der Waals surface area (Å²) in [5.74, 6) is -0.706. The van der Waals surface area contributed by atoms with Crippen LogP contribution in [0.2, 0.25) is 0 Å². The molecule has 4 nitrogen and oxygen atoms in total. The average Bonchev–Trinajstić information content (AvgIpc) is 2.86. The maximum atomic E-state index is 12.1. The highest BCUT2D eigenvalue weighted by atomic mass is 16.5. The largest absolute Gasteiger partial charge is 0.481 e. The molecule has 0 radical (unpaired) electrons. The van der Waals surface area contributed by atoms with Gasteiger partial charge in [0.15, 0.2) is 0 Å². The van der Waals surface area contributed by atoms with Gasteiger partial charge in [0.1, 0.15) is 0 Å². The van der Waals surface area contributed by atoms with Crippen molar-refractivity contribution in [3.8, 4) is 0 Å². The maximum Gasteiger partial charge on any atom is 0.306 e. The van der Waals surface area contributed by atoms with Crippen LogP contribution in [-0.4, -0.2) is 23.1 Å². The van der Waals surface area contributed by atoms with Gasteiger partial charge >= 0.3 is 11.9 Å². The first-order valence-electron chi connectivity index (χ1n) is 15.8. The molecule has 0 amide bonds. The molecule has 37 heavy (non-hydrogen) atoms. The summed E-state index contributed by atoms with van der Waals surface area (Å²) >= 11 is 0. The molecule has 0 aromatic heterocycles. The Morgan fingerprint density at radius 2 is 1.08 bits per heavy atom. The quantitative estimate of drug-likeness (QED) is 0.0633. The van der Waals surface area contributed by atoms with Crippen molar-refractivity contribution in [3.05, 3.63) is 24.3 Å². The van der Waals surface area contributed by atoms with Crippen molar-refractivity contribution in [3.63, 3.8) is 0 Å². The van der Waals surface area contributed by atoms with Gasteiger partial charge in [-0.2, -0.15) is 0 Å². The molecule has 0 aromatic carbocycles. The van der Waals surface area contributed by atoms with E-state index in [1.807, 2.05) is 6.92 Å². The van der Waals surface area contributed by atoms with Gasteiger partial charge in [0, 0.05) is 12.8 Å². The maximum absolute atomic E-state index is 12.1. The minimum Gasteiger partial charge on any atom is -0.481 e. The van der Waals surface area contributed by atoms with E-state index in [9.17, 15) is 9.59 Å². The number of hydrogen-bond acceptors (Lipinski definition) is 3. The predicted octanol–water partition coefficient (Wildman–Crippen LogP) is 10.5. The number of ether oxygens (including phenoxy) is 1. The van der Waals surface area contributed by atoms with Crippen molar-refractivity contribution in [1.82, 2.24) is 0 Å². The summed E-state index contributed by atoms with van der Waals surface area (Å²) < 4.78 is 5.59. The summed E-state index contributed by atoms with van der Waals surface area (Å²) in [6.45, 7) is 4.27. The highest BCUT2D eigenvalue weighted by Gasteiger charge is 2.09. The van der Waals surface area contributed by atoms with Gasteiger partial charge in [0.2, 0.25) is 0 Å². The summed E-state index contributed by atoms with van der Waals surface area (Å²) in [5, 5.41) is 8.62. The lowest BCUT2D eigenvalue weighted by Gasteiger charge is -2.13. The molecule has 0 aliphatic heterocycles. The second kappa shape index (κ2) is 29.0. The SMILES string of the molecule is CCCCC/C=C\C/C=C\CCCCCCCC(=O)OC(C)CCCCCCCCCCCCC(=O)O. The van der Waals surface area contributed by atoms with Gasteiger partial charge in [-0.1, -0.05) is 115 Å². The van der Waals surface area contributed by atoms with Crippen LogP contribution in [0.25, 0.3) is 0 Å². The summed E-state index contributed by atoms with van der Waals surface area (Å²) in [5.41, 5.74) is 0. The Balaban J connectivity index is 3.38. The zero-order valence-electron chi connectivity index (χ0n) is 24.5. The lowest BCUT2D eigenvalue weighted by molar-refractivity contribution is -0.148. The lowest BCUT2D eigenvalue weighted by atomic mass is 10.0. The van der Waals surface area contributed by atoms with E-state index in [1.165, 1.54) is 89.9 Å². The monoisotopic (exact) mass is 520 g/mol. The fraction of sp³-hybridized carbons (Fsp3) is 0.818. The number of rotatable bonds is 28. The number of carboxylic acid groups (broad SMARTS) is 1. The van der Waals surface area contributed by atoms with Gasteiger partial charge in [0.25, 0.3) is 0 Å². The van der Waals surface area contributed by atoms with Crippen LogP contribution in [0.1, 0.15) is 168 Å². The zero-order valence-corrected chi connectivity index (χ0v) is 24.5. The molecule has 0 heterocycles. The zero-order chi connectivity index (χ0) is 27.2. The smallest absolute Gasteiger partial charge is 0.306 e. The van der Waals surface area contributed by atoms with Gasteiger partial charge in [0.05, 0.1) is 6.10 Å². The third kappa shape index (κ3) is 30.5. The van der Waals surface area contributed by atoms with Gasteiger partial charge in [-0.15, -0.1) is 0 Å². The van der Waals surface area contributed by atoms with Gasteiger partial charge in [-0.05, 0) is 64.7 Å². The number of carbonyl (C=O) groups excluding carboxylic acids is 1. The first-order valence-corrected chi connectivity index (χ1v) is 15.8. The summed E-state index contributed by atoms with van der Waals surface area (Å²) in [6.07, 6.45) is 35.9. The van der Waals surface area contributed by atoms with Crippen LogP contribution in [-0.2, 0) is 14.3 Å². The highest BCUT2D eigenvalue weighted by Crippen LogP contribution is 2.14. The number of hydrogen-bond donors (Lipinski definition) is 1. The molecule has 0 aromatic rings. The minimum absolute atomic E-state index is 0.0264. The Bertz CT molecular complexity index is 567. The highest BCUT2D eigenvalue weighted by molar-refractivity contribution is 5.69. The molecular weight excluding hydrogens is 460 g/mol. The third-order valence-corrected chi connectivity index (χ3v) is 6.92. The van der Waals surface area contributed by atoms with Crippen LogP contribution in [0.15, 0.2) is 24.3 Å². The third-order valence-electron chi connectivity index (χ3n) is 6.92. The number of carboxylic acids is 1. The van der Waals surface area contributed by atoms with Crippen LogP contribution in [0, 0.1) is 0 Å². The number of esters is 1. The number of carbonyl (C=O) groups is 2. The van der Waals surface area contributed by atoms with Crippen LogP contribution >= 0.6 is 0 Å². The summed E-state index contributed by atoms with van der Waals surface area (Å²) in [4.78, 5) is 22.5. The molecule has 4 heteroatoms. The predicted molar refractivity (Wildman–Crippen MR) is 158 cm³/mol. The van der Waals surface area contributed by atoms with E-state index >= 15 is 0 Å². The van der Waals surface area contributed by atoms with Gasteiger partial charge in [-0.25, -0.2) is 0 Å². The molecular formula is C33H60O4. The van der Waals surface area contributed by atoms with E-state index in [0.717, 1.165) is 51.4 Å². The van der Waals surface area contributed by atoms with Crippen molar-refractivity contribution in [2.45, 2.75) is 174 Å². The Morgan fingerprint density at radius 1 is 0.622 bits per heavy atom. The first-order chi connectivity index (χ1) is 18.1. The molecule has 1 atom stereocenters. The molecule has 0 aliphatic rings. The fourth-order valence-corrected chi connectivity index (χ4v) is 4.55. The normalized spacial score (nSPS) is 12.5. The van der Waals surface area contributed by atoms with E-state index in [4.69, 9.17) is 9.84 Å². The fourth-order valence-electron chi connectivity index (χ4n) is 4.55. The standard InChI is InChI=1S/C33H60O4/c1-3-4-5-6-7-8-9-10-11-12-13-18-21-24-27-30-33(36)37-31(2)28-25-22-19-16-14-15-17-20-23-26-29-32(34)35/h7-8,10-11,31H,3-6,9,12-30H2,1-2H3,(H,34,35)/b8-7-,11-10-. The van der Waals surface area contributed by atoms with Crippen molar-refractivity contribution in [2.24, 2.45) is 0 Å². The molecule has 0 saturated carbocycles. The lowest BCUT2D eigenvalue weighted by Crippen LogP contribution is -2.14. The number of aliphatic carboxylic acids is 1. The molecule has 216 valence electrons. The van der Waals surface area contributed by atoms with Crippen molar-refractivity contribution in [2.75, 3.05) is 0 Å². The molecule has 0 aliphatic carbocycles. The molecule has 0 fully saturated rings. The van der Waals surface area contributed by atoms with E-state index < -0.39 is 5.97 Å². The van der Waals surface area contributed by atoms with Crippen LogP contribution < -0.4 is 0 Å². The second-order valence-electron chi connectivity index (χ2n) is 10.7. The average molecular weight is 521 g/mol. The topological polar surface area (TPSA) is 63.6 Å². The molecule has 0 bridgehead atoms. The Morgan fingerprint density at radius 3 is 1.62 bits per heavy atom. The van der Waals surface area contributed by atoms with Crippen LogP contribution in [0.3, 0.4) is 0 Å². The van der Waals surface area contributed by atoms with E-state index in [1.54, 1.807) is 0 Å². The Kier molecular flexibility index (Phi) is 27.7. The molecule has 1 N–H and O–H groups in total. The minimum atomic E-state index is -0.680. The van der Waals surface area contributed by atoms with Crippen LogP contribution in [0.5, 0.6) is 0 Å².